The fraction of sp³-hybridized carbons (Fsp3) is 0.833. The zero-order chi connectivity index (χ0) is 9.78. The van der Waals surface area contributed by atoms with E-state index in [1.54, 1.807) is 0 Å². The number of carbonyl (C=O) groups is 1. The monoisotopic (exact) mass is 185 g/mol. The van der Waals surface area contributed by atoms with E-state index in [0.717, 1.165) is 0 Å². The number of halogens is 3. The van der Waals surface area contributed by atoms with Crippen molar-refractivity contribution >= 4 is 5.97 Å². The highest BCUT2D eigenvalue weighted by molar-refractivity contribution is 5.67. The standard InChI is InChI=1S/C6H10F3NO2/c1-2-4(3-5(11)12)10-6(7,8)9/h4,10H,2-3H2,1H3,(H,11,12)/t4-/m1/s1. The lowest BCUT2D eigenvalue weighted by atomic mass is 10.1. The molecule has 0 bridgehead atoms. The van der Waals surface area contributed by atoms with Gasteiger partial charge in [0.25, 0.3) is 0 Å². The number of alkyl halides is 3. The van der Waals surface area contributed by atoms with Gasteiger partial charge >= 0.3 is 12.3 Å². The molecule has 6 heteroatoms. The summed E-state index contributed by atoms with van der Waals surface area (Å²) >= 11 is 0. The molecule has 0 aromatic carbocycles. The van der Waals surface area contributed by atoms with Crippen molar-refractivity contribution in [3.63, 3.8) is 0 Å². The lowest BCUT2D eigenvalue weighted by molar-refractivity contribution is -0.166. The Bertz CT molecular complexity index is 157. The van der Waals surface area contributed by atoms with Gasteiger partial charge in [-0.2, -0.15) is 13.2 Å². The smallest absolute Gasteiger partial charge is 0.457 e. The normalized spacial score (nSPS) is 14.3. The van der Waals surface area contributed by atoms with Gasteiger partial charge in [-0.05, 0) is 6.42 Å². The van der Waals surface area contributed by atoms with Crippen molar-refractivity contribution in [2.75, 3.05) is 0 Å². The van der Waals surface area contributed by atoms with Crippen LogP contribution in [0.2, 0.25) is 0 Å². The Morgan fingerprint density at radius 3 is 2.33 bits per heavy atom. The molecule has 0 fully saturated rings. The second kappa shape index (κ2) is 4.30. The van der Waals surface area contributed by atoms with Crippen molar-refractivity contribution in [2.24, 2.45) is 0 Å². The van der Waals surface area contributed by atoms with E-state index < -0.39 is 24.7 Å². The van der Waals surface area contributed by atoms with E-state index in [1.165, 1.54) is 12.2 Å². The maximum absolute atomic E-state index is 11.6. The molecule has 0 aliphatic heterocycles. The fourth-order valence-corrected chi connectivity index (χ4v) is 0.740. The number of rotatable bonds is 4. The highest BCUT2D eigenvalue weighted by Gasteiger charge is 2.30. The van der Waals surface area contributed by atoms with Gasteiger partial charge in [-0.15, -0.1) is 0 Å². The molecule has 0 radical (unpaired) electrons. The third kappa shape index (κ3) is 5.96. The Morgan fingerprint density at radius 2 is 2.08 bits per heavy atom. The van der Waals surface area contributed by atoms with Crippen molar-refractivity contribution in [2.45, 2.75) is 32.1 Å². The number of carboxylic acids is 1. The summed E-state index contributed by atoms with van der Waals surface area (Å²) < 4.78 is 34.9. The average molecular weight is 185 g/mol. The molecule has 3 nitrogen and oxygen atoms in total. The van der Waals surface area contributed by atoms with E-state index in [2.05, 4.69) is 0 Å². The van der Waals surface area contributed by atoms with Crippen LogP contribution in [0.25, 0.3) is 0 Å². The summed E-state index contributed by atoms with van der Waals surface area (Å²) in [5.74, 6) is -1.24. The zero-order valence-corrected chi connectivity index (χ0v) is 6.48. The van der Waals surface area contributed by atoms with E-state index in [1.807, 2.05) is 0 Å². The first-order chi connectivity index (χ1) is 5.35. The van der Waals surface area contributed by atoms with Gasteiger partial charge in [0.1, 0.15) is 0 Å². The lowest BCUT2D eigenvalue weighted by Gasteiger charge is -2.16. The van der Waals surface area contributed by atoms with Gasteiger partial charge in [0.2, 0.25) is 0 Å². The van der Waals surface area contributed by atoms with Gasteiger partial charge < -0.3 is 5.11 Å². The maximum atomic E-state index is 11.6. The first-order valence-electron chi connectivity index (χ1n) is 3.41. The topological polar surface area (TPSA) is 49.3 Å². The highest BCUT2D eigenvalue weighted by atomic mass is 19.4. The van der Waals surface area contributed by atoms with Crippen molar-refractivity contribution in [3.8, 4) is 0 Å². The van der Waals surface area contributed by atoms with E-state index in [-0.39, 0.29) is 6.42 Å². The van der Waals surface area contributed by atoms with Crippen molar-refractivity contribution in [1.82, 2.24) is 5.32 Å². The summed E-state index contributed by atoms with van der Waals surface area (Å²) in [5, 5.41) is 9.46. The molecule has 0 aliphatic rings. The minimum absolute atomic E-state index is 0.131. The second-order valence-electron chi connectivity index (χ2n) is 2.35. The number of hydrogen-bond donors (Lipinski definition) is 2. The predicted octanol–water partition coefficient (Wildman–Crippen LogP) is 1.35. The minimum atomic E-state index is -4.50. The second-order valence-corrected chi connectivity index (χ2v) is 2.35. The molecular formula is C6H10F3NO2. The molecule has 1 atom stereocenters. The summed E-state index contributed by atoms with van der Waals surface area (Å²) in [6.07, 6.45) is -4.89. The van der Waals surface area contributed by atoms with Crippen molar-refractivity contribution < 1.29 is 23.1 Å². The van der Waals surface area contributed by atoms with Gasteiger partial charge in [-0.3, -0.25) is 4.79 Å². The fourth-order valence-electron chi connectivity index (χ4n) is 0.740. The Hall–Kier alpha value is -0.780. The molecule has 0 saturated heterocycles. The summed E-state index contributed by atoms with van der Waals surface area (Å²) in [6, 6.07) is -1.04. The van der Waals surface area contributed by atoms with E-state index in [9.17, 15) is 18.0 Å². The van der Waals surface area contributed by atoms with Crippen LogP contribution in [-0.2, 0) is 4.79 Å². The van der Waals surface area contributed by atoms with E-state index in [4.69, 9.17) is 5.11 Å². The summed E-state index contributed by atoms with van der Waals surface area (Å²) in [6.45, 7) is 1.49. The van der Waals surface area contributed by atoms with Crippen LogP contribution in [0, 0.1) is 0 Å². The molecular weight excluding hydrogens is 175 g/mol. The Morgan fingerprint density at radius 1 is 1.58 bits per heavy atom. The molecule has 0 aliphatic carbocycles. The summed E-state index contributed by atoms with van der Waals surface area (Å²) in [5.41, 5.74) is 0. The molecule has 0 unspecified atom stereocenters. The number of nitrogens with one attached hydrogen (secondary N) is 1. The van der Waals surface area contributed by atoms with Crippen LogP contribution >= 0.6 is 0 Å². The lowest BCUT2D eigenvalue weighted by Crippen LogP contribution is -2.41. The largest absolute Gasteiger partial charge is 0.481 e. The van der Waals surface area contributed by atoms with Gasteiger partial charge in [-0.25, -0.2) is 5.32 Å². The summed E-state index contributed by atoms with van der Waals surface area (Å²) in [4.78, 5) is 10.0. The number of carboxylic acid groups (broad SMARTS) is 1. The van der Waals surface area contributed by atoms with Crippen LogP contribution in [0.3, 0.4) is 0 Å². The van der Waals surface area contributed by atoms with Crippen LogP contribution in [0.5, 0.6) is 0 Å². The molecule has 2 N–H and O–H groups in total. The third-order valence-electron chi connectivity index (χ3n) is 1.28. The SMILES string of the molecule is CC[C@H](CC(=O)O)NC(F)(F)F. The van der Waals surface area contributed by atoms with E-state index in [0.29, 0.717) is 0 Å². The van der Waals surface area contributed by atoms with Crippen molar-refractivity contribution in [3.05, 3.63) is 0 Å². The molecule has 0 heterocycles. The molecule has 0 saturated carbocycles. The molecule has 0 rings (SSSR count). The number of aliphatic carboxylic acids is 1. The van der Waals surface area contributed by atoms with Gasteiger partial charge in [0, 0.05) is 6.04 Å². The molecule has 12 heavy (non-hydrogen) atoms. The summed E-state index contributed by atoms with van der Waals surface area (Å²) in [7, 11) is 0. The van der Waals surface area contributed by atoms with Crippen molar-refractivity contribution in [1.29, 1.82) is 0 Å². The molecule has 0 amide bonds. The highest BCUT2D eigenvalue weighted by Crippen LogP contribution is 2.13. The minimum Gasteiger partial charge on any atom is -0.481 e. The molecule has 72 valence electrons. The molecule has 0 aromatic heterocycles. The zero-order valence-electron chi connectivity index (χ0n) is 6.48. The molecule has 0 aromatic rings. The van der Waals surface area contributed by atoms with Gasteiger partial charge in [0.15, 0.2) is 0 Å². The first-order valence-corrected chi connectivity index (χ1v) is 3.41. The van der Waals surface area contributed by atoms with E-state index >= 15 is 0 Å². The van der Waals surface area contributed by atoms with Crippen LogP contribution < -0.4 is 5.32 Å². The van der Waals surface area contributed by atoms with Crippen LogP contribution in [0.1, 0.15) is 19.8 Å². The maximum Gasteiger partial charge on any atom is 0.457 e. The average Bonchev–Trinajstić information content (AvgIpc) is 1.82. The molecule has 0 spiro atoms. The van der Waals surface area contributed by atoms with Crippen LogP contribution in [-0.4, -0.2) is 23.4 Å². The first kappa shape index (κ1) is 11.2. The van der Waals surface area contributed by atoms with Crippen LogP contribution in [0.4, 0.5) is 13.2 Å². The third-order valence-corrected chi connectivity index (χ3v) is 1.28. The van der Waals surface area contributed by atoms with Gasteiger partial charge in [0.05, 0.1) is 6.42 Å². The Labute approximate surface area is 67.6 Å². The van der Waals surface area contributed by atoms with Crippen LogP contribution in [0.15, 0.2) is 0 Å². The quantitative estimate of drug-likeness (QED) is 0.650. The Balaban J connectivity index is 3.92. The predicted molar refractivity (Wildman–Crippen MR) is 35.5 cm³/mol. The number of hydrogen-bond acceptors (Lipinski definition) is 2. The Kier molecular flexibility index (Phi) is 4.02. The van der Waals surface area contributed by atoms with Gasteiger partial charge in [-0.1, -0.05) is 6.92 Å².